The van der Waals surface area contributed by atoms with Crippen molar-refractivity contribution in [3.05, 3.63) is 68.6 Å². The van der Waals surface area contributed by atoms with Crippen molar-refractivity contribution < 1.29 is 43.2 Å². The Bertz CT molecular complexity index is 1240. The van der Waals surface area contributed by atoms with Crippen LogP contribution < -0.4 is 14.8 Å². The number of aldehydes is 1. The van der Waals surface area contributed by atoms with Crippen LogP contribution in [0.25, 0.3) is 0 Å². The van der Waals surface area contributed by atoms with Crippen molar-refractivity contribution in [2.75, 3.05) is 33.5 Å². The molecule has 0 aliphatic heterocycles. The van der Waals surface area contributed by atoms with Crippen molar-refractivity contribution >= 4 is 40.7 Å². The Labute approximate surface area is 245 Å². The number of carbonyl (C=O) groups is 3. The molecule has 0 fully saturated rings. The summed E-state index contributed by atoms with van der Waals surface area (Å²) in [6, 6.07) is 8.02. The number of amides is 2. The van der Waals surface area contributed by atoms with E-state index < -0.39 is 35.9 Å². The summed E-state index contributed by atoms with van der Waals surface area (Å²) in [7, 11) is 1.40. The second kappa shape index (κ2) is 15.1. The molecule has 216 valence electrons. The minimum Gasteiger partial charge on any atom is -0.493 e. The first kappa shape index (κ1) is 31.5. The SMILES string of the molecule is CCOCC(=O)N(Cc1ccccc1F)C1CC(C(=O)NCCO)=CC(Oc2c(I)cc(C=O)cc2OC)C1O. The highest BCUT2D eigenvalue weighted by Gasteiger charge is 2.41. The molecule has 0 saturated carbocycles. The highest BCUT2D eigenvalue weighted by Crippen LogP contribution is 2.37. The maximum atomic E-state index is 14.6. The first-order valence-electron chi connectivity index (χ1n) is 12.6. The number of rotatable bonds is 13. The normalized spacial score (nSPS) is 18.4. The van der Waals surface area contributed by atoms with Gasteiger partial charge < -0.3 is 34.6 Å². The van der Waals surface area contributed by atoms with E-state index in [1.807, 2.05) is 22.6 Å². The monoisotopic (exact) mass is 670 g/mol. The lowest BCUT2D eigenvalue weighted by atomic mass is 9.87. The number of benzene rings is 2. The number of methoxy groups -OCH3 is 1. The summed E-state index contributed by atoms with van der Waals surface area (Å²) < 4.78 is 32.0. The predicted octanol–water partition coefficient (Wildman–Crippen LogP) is 2.23. The molecule has 0 aromatic heterocycles. The van der Waals surface area contributed by atoms with E-state index in [0.29, 0.717) is 15.4 Å². The van der Waals surface area contributed by atoms with E-state index in [1.165, 1.54) is 42.4 Å². The van der Waals surface area contributed by atoms with Crippen molar-refractivity contribution in [1.29, 1.82) is 0 Å². The molecule has 2 aromatic rings. The van der Waals surface area contributed by atoms with E-state index in [9.17, 15) is 29.0 Å². The Morgan fingerprint density at radius 2 is 2.02 bits per heavy atom. The van der Waals surface area contributed by atoms with Gasteiger partial charge in [0, 0.05) is 42.8 Å². The van der Waals surface area contributed by atoms with Crippen LogP contribution in [-0.2, 0) is 20.9 Å². The van der Waals surface area contributed by atoms with E-state index in [0.717, 1.165) is 0 Å². The van der Waals surface area contributed by atoms with Gasteiger partial charge in [-0.05, 0) is 53.8 Å². The van der Waals surface area contributed by atoms with Crippen molar-refractivity contribution in [3.8, 4) is 11.5 Å². The highest BCUT2D eigenvalue weighted by molar-refractivity contribution is 14.1. The molecule has 40 heavy (non-hydrogen) atoms. The minimum atomic E-state index is -1.35. The van der Waals surface area contributed by atoms with Crippen LogP contribution in [0.4, 0.5) is 4.39 Å². The van der Waals surface area contributed by atoms with Gasteiger partial charge in [0.05, 0.1) is 23.3 Å². The standard InChI is InChI=1S/C28H32FIN2O8/c1-3-39-16-25(35)32(14-18-6-4-5-7-20(18)29)22-12-19(28(37)31-8-9-33)13-23(26(22)36)40-27-21(30)10-17(15-34)11-24(27)38-2/h4-7,10-11,13,15,22-23,26,33,36H,3,8-9,12,14,16H2,1-2H3,(H,31,37). The molecule has 0 bridgehead atoms. The van der Waals surface area contributed by atoms with Crippen molar-refractivity contribution in [3.63, 3.8) is 0 Å². The molecule has 3 rings (SSSR count). The van der Waals surface area contributed by atoms with E-state index in [1.54, 1.807) is 19.1 Å². The molecule has 2 aromatic carbocycles. The van der Waals surface area contributed by atoms with Crippen molar-refractivity contribution in [2.24, 2.45) is 0 Å². The molecule has 0 radical (unpaired) electrons. The van der Waals surface area contributed by atoms with Gasteiger partial charge in [-0.2, -0.15) is 0 Å². The summed E-state index contributed by atoms with van der Waals surface area (Å²) in [6.07, 6.45) is -0.443. The van der Waals surface area contributed by atoms with E-state index >= 15 is 0 Å². The Morgan fingerprint density at radius 3 is 2.67 bits per heavy atom. The number of halogens is 2. The number of ether oxygens (including phenoxy) is 3. The van der Waals surface area contributed by atoms with Gasteiger partial charge in [-0.3, -0.25) is 14.4 Å². The largest absolute Gasteiger partial charge is 0.493 e. The quantitative estimate of drug-likeness (QED) is 0.218. The maximum absolute atomic E-state index is 14.6. The molecule has 0 heterocycles. The minimum absolute atomic E-state index is 0.00396. The van der Waals surface area contributed by atoms with Crippen LogP contribution >= 0.6 is 22.6 Å². The van der Waals surface area contributed by atoms with Gasteiger partial charge in [-0.1, -0.05) is 18.2 Å². The van der Waals surface area contributed by atoms with Crippen LogP contribution in [0.3, 0.4) is 0 Å². The van der Waals surface area contributed by atoms with Crippen LogP contribution in [0, 0.1) is 9.39 Å². The van der Waals surface area contributed by atoms with Gasteiger partial charge in [0.25, 0.3) is 0 Å². The second-order valence-corrected chi connectivity index (χ2v) is 10.1. The third-order valence-electron chi connectivity index (χ3n) is 6.30. The maximum Gasteiger partial charge on any atom is 0.249 e. The number of nitrogens with zero attached hydrogens (tertiary/aromatic N) is 1. The Hall–Kier alpha value is -3.07. The fourth-order valence-electron chi connectivity index (χ4n) is 4.31. The molecule has 1 aliphatic carbocycles. The molecule has 2 amide bonds. The van der Waals surface area contributed by atoms with E-state index in [4.69, 9.17) is 14.2 Å². The molecular weight excluding hydrogens is 638 g/mol. The first-order chi connectivity index (χ1) is 19.2. The molecule has 1 aliphatic rings. The van der Waals surface area contributed by atoms with Gasteiger partial charge in [-0.25, -0.2) is 4.39 Å². The molecule has 12 heteroatoms. The summed E-state index contributed by atoms with van der Waals surface area (Å²) in [6.45, 7) is 1.21. The number of carbonyl (C=O) groups excluding carboxylic acids is 3. The average molecular weight is 670 g/mol. The number of aliphatic hydroxyl groups is 2. The number of aliphatic hydroxyl groups excluding tert-OH is 2. The lowest BCUT2D eigenvalue weighted by Crippen LogP contribution is -2.55. The fourth-order valence-corrected chi connectivity index (χ4v) is 5.06. The number of hydrogen-bond donors (Lipinski definition) is 3. The summed E-state index contributed by atoms with van der Waals surface area (Å²) in [5, 5.41) is 23.3. The first-order valence-corrected chi connectivity index (χ1v) is 13.7. The van der Waals surface area contributed by atoms with Crippen LogP contribution in [0.1, 0.15) is 29.3 Å². The van der Waals surface area contributed by atoms with Crippen LogP contribution in [0.2, 0.25) is 0 Å². The number of nitrogens with one attached hydrogen (secondary N) is 1. The smallest absolute Gasteiger partial charge is 0.249 e. The summed E-state index contributed by atoms with van der Waals surface area (Å²) >= 11 is 1.97. The van der Waals surface area contributed by atoms with Crippen molar-refractivity contribution in [1.82, 2.24) is 10.2 Å². The van der Waals surface area contributed by atoms with Gasteiger partial charge in [0.1, 0.15) is 30.9 Å². The third kappa shape index (κ3) is 7.77. The molecule has 10 nitrogen and oxygen atoms in total. The second-order valence-electron chi connectivity index (χ2n) is 8.92. The molecule has 0 spiro atoms. The lowest BCUT2D eigenvalue weighted by molar-refractivity contribution is -0.144. The third-order valence-corrected chi connectivity index (χ3v) is 7.11. The molecule has 0 saturated heterocycles. The number of hydrogen-bond acceptors (Lipinski definition) is 8. The summed E-state index contributed by atoms with van der Waals surface area (Å²) in [5.41, 5.74) is 0.779. The van der Waals surface area contributed by atoms with Gasteiger partial charge in [-0.15, -0.1) is 0 Å². The summed E-state index contributed by atoms with van der Waals surface area (Å²) in [5.74, 6) is -1.08. The molecule has 3 unspecified atom stereocenters. The van der Waals surface area contributed by atoms with Crippen LogP contribution in [-0.4, -0.2) is 84.9 Å². The van der Waals surface area contributed by atoms with Gasteiger partial charge in [0.15, 0.2) is 11.5 Å². The molecule has 3 N–H and O–H groups in total. The average Bonchev–Trinajstić information content (AvgIpc) is 2.96. The summed E-state index contributed by atoms with van der Waals surface area (Å²) in [4.78, 5) is 38.9. The fraction of sp³-hybridized carbons (Fsp3) is 0.393. The van der Waals surface area contributed by atoms with Gasteiger partial charge >= 0.3 is 0 Å². The zero-order valence-electron chi connectivity index (χ0n) is 22.1. The Balaban J connectivity index is 2.05. The zero-order valence-corrected chi connectivity index (χ0v) is 24.3. The zero-order chi connectivity index (χ0) is 29.2. The van der Waals surface area contributed by atoms with Crippen LogP contribution in [0.15, 0.2) is 48.0 Å². The lowest BCUT2D eigenvalue weighted by Gasteiger charge is -2.40. The Morgan fingerprint density at radius 1 is 1.27 bits per heavy atom. The van der Waals surface area contributed by atoms with Crippen LogP contribution in [0.5, 0.6) is 11.5 Å². The van der Waals surface area contributed by atoms with E-state index in [2.05, 4.69) is 5.32 Å². The molecular formula is C28H32FIN2O8. The predicted molar refractivity (Wildman–Crippen MR) is 152 cm³/mol. The van der Waals surface area contributed by atoms with E-state index in [-0.39, 0.29) is 62.0 Å². The van der Waals surface area contributed by atoms with Gasteiger partial charge in [0.2, 0.25) is 11.8 Å². The molecule has 3 atom stereocenters. The highest BCUT2D eigenvalue weighted by atomic mass is 127. The Kier molecular flexibility index (Phi) is 11.9. The topological polar surface area (TPSA) is 135 Å². The van der Waals surface area contributed by atoms with Crippen molar-refractivity contribution in [2.45, 2.75) is 38.1 Å².